The van der Waals surface area contributed by atoms with E-state index in [-0.39, 0.29) is 18.2 Å². The second kappa shape index (κ2) is 9.84. The van der Waals surface area contributed by atoms with Crippen LogP contribution in [0.1, 0.15) is 63.4 Å². The summed E-state index contributed by atoms with van der Waals surface area (Å²) in [7, 11) is 2.67. The third-order valence-electron chi connectivity index (χ3n) is 5.42. The van der Waals surface area contributed by atoms with Gasteiger partial charge in [-0.05, 0) is 72.7 Å². The molecule has 6 heteroatoms. The van der Waals surface area contributed by atoms with Gasteiger partial charge in [0, 0.05) is 23.4 Å². The predicted molar refractivity (Wildman–Crippen MR) is 117 cm³/mol. The Morgan fingerprint density at radius 3 is 2.82 bits per heavy atom. The van der Waals surface area contributed by atoms with E-state index < -0.39 is 5.97 Å². The molecular formula is C22H27FNO2PS. The minimum atomic E-state index is -0.801. The molecule has 0 spiro atoms. The maximum absolute atomic E-state index is 15.1. The minimum Gasteiger partial charge on any atom is -0.481 e. The van der Waals surface area contributed by atoms with Crippen molar-refractivity contribution in [3.8, 4) is 11.1 Å². The third kappa shape index (κ3) is 5.12. The van der Waals surface area contributed by atoms with Gasteiger partial charge in [0.25, 0.3) is 0 Å². The van der Waals surface area contributed by atoms with Gasteiger partial charge in [-0.3, -0.25) is 4.79 Å². The summed E-state index contributed by atoms with van der Waals surface area (Å²) in [6, 6.07) is 7.54. The lowest BCUT2D eigenvalue weighted by atomic mass is 9.89. The van der Waals surface area contributed by atoms with Crippen LogP contribution in [0, 0.1) is 5.82 Å². The number of rotatable bonds is 9. The Morgan fingerprint density at radius 1 is 1.43 bits per heavy atom. The smallest absolute Gasteiger partial charge is 0.303 e. The van der Waals surface area contributed by atoms with Gasteiger partial charge >= 0.3 is 5.97 Å². The fraction of sp³-hybridized carbons (Fsp3) is 0.455. The first-order valence-electron chi connectivity index (χ1n) is 9.92. The summed E-state index contributed by atoms with van der Waals surface area (Å²) in [5.74, 6) is -0.989. The Kier molecular flexibility index (Phi) is 7.48. The van der Waals surface area contributed by atoms with Gasteiger partial charge in [-0.1, -0.05) is 19.4 Å². The second-order valence-corrected chi connectivity index (χ2v) is 9.29. The SMILES string of the molecule is CCC(CCCC(=O)O)c1c(F)cc(-c2cccnc2SC2CCC2)cc1P. The molecule has 1 aromatic heterocycles. The fourth-order valence-corrected chi connectivity index (χ4v) is 5.50. The topological polar surface area (TPSA) is 50.2 Å². The van der Waals surface area contributed by atoms with Crippen molar-refractivity contribution in [2.75, 3.05) is 0 Å². The first-order chi connectivity index (χ1) is 13.5. The van der Waals surface area contributed by atoms with E-state index in [4.69, 9.17) is 5.11 Å². The van der Waals surface area contributed by atoms with Crippen LogP contribution < -0.4 is 5.30 Å². The van der Waals surface area contributed by atoms with Gasteiger partial charge in [0.05, 0.1) is 0 Å². The van der Waals surface area contributed by atoms with Gasteiger partial charge in [-0.15, -0.1) is 21.0 Å². The van der Waals surface area contributed by atoms with Crippen LogP contribution in [0.3, 0.4) is 0 Å². The van der Waals surface area contributed by atoms with Gasteiger partial charge in [0.1, 0.15) is 10.8 Å². The lowest BCUT2D eigenvalue weighted by Gasteiger charge is -2.25. The number of aliphatic carboxylic acids is 1. The highest BCUT2D eigenvalue weighted by molar-refractivity contribution is 8.00. The molecule has 2 unspecified atom stereocenters. The number of hydrogen-bond acceptors (Lipinski definition) is 3. The van der Waals surface area contributed by atoms with Crippen molar-refractivity contribution in [2.45, 2.75) is 68.1 Å². The molecule has 3 nitrogen and oxygen atoms in total. The highest BCUT2D eigenvalue weighted by Gasteiger charge is 2.23. The number of hydrogen-bond donors (Lipinski definition) is 1. The molecule has 1 N–H and O–H groups in total. The average Bonchev–Trinajstić information content (AvgIpc) is 2.62. The summed E-state index contributed by atoms with van der Waals surface area (Å²) in [6.45, 7) is 2.03. The quantitative estimate of drug-likeness (QED) is 0.524. The van der Waals surface area contributed by atoms with Crippen molar-refractivity contribution >= 4 is 32.3 Å². The summed E-state index contributed by atoms with van der Waals surface area (Å²) in [6.07, 6.45) is 7.66. The van der Waals surface area contributed by atoms with Crippen molar-refractivity contribution in [1.82, 2.24) is 4.98 Å². The van der Waals surface area contributed by atoms with Crippen LogP contribution in [0.15, 0.2) is 35.5 Å². The van der Waals surface area contributed by atoms with Gasteiger partial charge in [-0.25, -0.2) is 9.37 Å². The van der Waals surface area contributed by atoms with Crippen LogP contribution in [0.5, 0.6) is 0 Å². The molecule has 1 saturated carbocycles. The van der Waals surface area contributed by atoms with Crippen LogP contribution in [0.2, 0.25) is 0 Å². The van der Waals surface area contributed by atoms with Crippen LogP contribution in [0.25, 0.3) is 11.1 Å². The van der Waals surface area contributed by atoms with E-state index in [1.54, 1.807) is 24.0 Å². The highest BCUT2D eigenvalue weighted by atomic mass is 32.2. The summed E-state index contributed by atoms with van der Waals surface area (Å²) >= 11 is 1.80. The van der Waals surface area contributed by atoms with E-state index in [2.05, 4.69) is 14.2 Å². The Labute approximate surface area is 172 Å². The average molecular weight is 420 g/mol. The van der Waals surface area contributed by atoms with E-state index >= 15 is 4.39 Å². The lowest BCUT2D eigenvalue weighted by molar-refractivity contribution is -0.137. The number of pyridine rings is 1. The van der Waals surface area contributed by atoms with Gasteiger partial charge in [-0.2, -0.15) is 0 Å². The number of carboxylic acids is 1. The Bertz CT molecular complexity index is 818. The molecule has 0 aliphatic heterocycles. The lowest BCUT2D eigenvalue weighted by Crippen LogP contribution is -2.14. The molecular weight excluding hydrogens is 392 g/mol. The van der Waals surface area contributed by atoms with Crippen LogP contribution >= 0.6 is 21.0 Å². The molecule has 2 atom stereocenters. The standard InChI is InChI=1S/C22H27FNO2PS/c1-2-14(6-3-10-20(25)26)21-18(23)12-15(13-19(21)27)17-9-5-11-24-22(17)28-16-7-4-8-16/h5,9,11-14,16H,2-4,6-8,10,27H2,1H3,(H,25,26). The Balaban J connectivity index is 1.86. The van der Waals surface area contributed by atoms with Gasteiger partial charge < -0.3 is 5.11 Å². The molecule has 0 bridgehead atoms. The summed E-state index contributed by atoms with van der Waals surface area (Å²) in [5.41, 5.74) is 2.52. The van der Waals surface area contributed by atoms with Crippen molar-refractivity contribution in [3.63, 3.8) is 0 Å². The van der Waals surface area contributed by atoms with Gasteiger partial charge in [0.15, 0.2) is 0 Å². The van der Waals surface area contributed by atoms with E-state index in [0.29, 0.717) is 23.7 Å². The zero-order valence-corrected chi connectivity index (χ0v) is 18.1. The van der Waals surface area contributed by atoms with E-state index in [0.717, 1.165) is 27.9 Å². The van der Waals surface area contributed by atoms with Crippen molar-refractivity contribution in [3.05, 3.63) is 41.8 Å². The first-order valence-corrected chi connectivity index (χ1v) is 11.4. The summed E-state index contributed by atoms with van der Waals surface area (Å²) < 4.78 is 15.1. The van der Waals surface area contributed by atoms with Crippen LogP contribution in [0.4, 0.5) is 4.39 Å². The van der Waals surface area contributed by atoms with Crippen molar-refractivity contribution < 1.29 is 14.3 Å². The fourth-order valence-electron chi connectivity index (χ4n) is 3.63. The molecule has 0 amide bonds. The maximum Gasteiger partial charge on any atom is 0.303 e. The Hall–Kier alpha value is -1.45. The number of carbonyl (C=O) groups is 1. The largest absolute Gasteiger partial charge is 0.481 e. The number of thioether (sulfide) groups is 1. The second-order valence-electron chi connectivity index (χ2n) is 7.38. The molecule has 150 valence electrons. The van der Waals surface area contributed by atoms with Crippen LogP contribution in [-0.4, -0.2) is 21.3 Å². The summed E-state index contributed by atoms with van der Waals surface area (Å²) in [4.78, 5) is 15.3. The maximum atomic E-state index is 15.1. The number of carboxylic acid groups (broad SMARTS) is 1. The molecule has 1 heterocycles. The molecule has 1 aromatic carbocycles. The van der Waals surface area contributed by atoms with Gasteiger partial charge in [0.2, 0.25) is 0 Å². The molecule has 1 aliphatic rings. The zero-order chi connectivity index (χ0) is 20.1. The monoisotopic (exact) mass is 419 g/mol. The van der Waals surface area contributed by atoms with E-state index in [1.165, 1.54) is 19.3 Å². The Morgan fingerprint density at radius 2 is 2.21 bits per heavy atom. The molecule has 0 saturated heterocycles. The minimum absolute atomic E-state index is 0.0265. The highest BCUT2D eigenvalue weighted by Crippen LogP contribution is 2.40. The number of nitrogens with zero attached hydrogens (tertiary/aromatic N) is 1. The zero-order valence-electron chi connectivity index (χ0n) is 16.2. The molecule has 1 aliphatic carbocycles. The van der Waals surface area contributed by atoms with Crippen molar-refractivity contribution in [2.24, 2.45) is 0 Å². The normalized spacial score (nSPS) is 15.2. The first kappa shape index (κ1) is 21.3. The van der Waals surface area contributed by atoms with E-state index in [1.807, 2.05) is 25.1 Å². The predicted octanol–water partition coefficient (Wildman–Crippen LogP) is 5.78. The summed E-state index contributed by atoms with van der Waals surface area (Å²) in [5, 5.41) is 11.3. The molecule has 0 radical (unpaired) electrons. The number of aromatic nitrogens is 1. The van der Waals surface area contributed by atoms with Crippen LogP contribution in [-0.2, 0) is 4.79 Å². The van der Waals surface area contributed by atoms with Crippen molar-refractivity contribution in [1.29, 1.82) is 0 Å². The third-order valence-corrected chi connectivity index (χ3v) is 7.25. The molecule has 3 rings (SSSR count). The number of benzene rings is 1. The molecule has 1 fully saturated rings. The molecule has 2 aromatic rings. The molecule has 28 heavy (non-hydrogen) atoms. The number of halogens is 1. The van der Waals surface area contributed by atoms with E-state index in [9.17, 15) is 4.79 Å².